The topological polar surface area (TPSA) is 367 Å². The SMILES string of the molecule is O=C(O)CN(CCS(=O)(=O)O)C(=O)c1ccccc1-c1c2ccc(=NCc3ccc(S(=O)(=O)O)cc3)c(S(=O)(=O)O)c-2oc2c(S(=O)(=O)O)c(NCc3ccccc3S(=O)(=O)O)ccc12. The van der Waals surface area contributed by atoms with E-state index in [1.54, 1.807) is 0 Å². The van der Waals surface area contributed by atoms with E-state index >= 15 is 0 Å². The van der Waals surface area contributed by atoms with Gasteiger partial charge in [0.15, 0.2) is 21.1 Å². The van der Waals surface area contributed by atoms with Crippen molar-refractivity contribution < 1.29 is 84.0 Å². The quantitative estimate of drug-likeness (QED) is 0.0540. The van der Waals surface area contributed by atoms with Gasteiger partial charge in [0.1, 0.15) is 6.54 Å². The molecule has 4 aromatic rings. The van der Waals surface area contributed by atoms with Crippen LogP contribution in [0.1, 0.15) is 21.5 Å². The van der Waals surface area contributed by atoms with E-state index in [0.29, 0.717) is 4.90 Å². The van der Waals surface area contributed by atoms with E-state index in [1.807, 2.05) is 0 Å². The van der Waals surface area contributed by atoms with Gasteiger partial charge in [0.05, 0.1) is 33.1 Å². The molecule has 27 heteroatoms. The molecule has 0 saturated heterocycles. The zero-order valence-corrected chi connectivity index (χ0v) is 36.8. The summed E-state index contributed by atoms with van der Waals surface area (Å²) in [5.41, 5.74) is -2.32. The Morgan fingerprint density at radius 2 is 1.29 bits per heavy atom. The fourth-order valence-electron chi connectivity index (χ4n) is 6.75. The van der Waals surface area contributed by atoms with Crippen LogP contribution in [0.25, 0.3) is 33.4 Å². The van der Waals surface area contributed by atoms with Gasteiger partial charge in [-0.3, -0.25) is 37.3 Å². The second-order valence-electron chi connectivity index (χ2n) is 13.9. The predicted octanol–water partition coefficient (Wildman–Crippen LogP) is 3.32. The first-order valence-corrected chi connectivity index (χ1v) is 25.5. The summed E-state index contributed by atoms with van der Waals surface area (Å²) >= 11 is 0. The van der Waals surface area contributed by atoms with Crippen LogP contribution in [0, 0.1) is 0 Å². The van der Waals surface area contributed by atoms with Crippen molar-refractivity contribution in [2.24, 2.45) is 4.99 Å². The van der Waals surface area contributed by atoms with Crippen LogP contribution in [0.5, 0.6) is 0 Å². The Morgan fingerprint density at radius 3 is 1.89 bits per heavy atom. The summed E-state index contributed by atoms with van der Waals surface area (Å²) in [6.45, 7) is -2.87. The zero-order chi connectivity index (χ0) is 47.9. The first-order valence-electron chi connectivity index (χ1n) is 18.1. The molecule has 65 heavy (non-hydrogen) atoms. The number of rotatable bonds is 16. The summed E-state index contributed by atoms with van der Waals surface area (Å²) in [7, 11) is -25.1. The maximum Gasteiger partial charge on any atom is 0.323 e. The molecule has 0 atom stereocenters. The number of carboxylic acid groups (broad SMARTS) is 1. The van der Waals surface area contributed by atoms with Gasteiger partial charge in [-0.25, -0.2) is 0 Å². The largest absolute Gasteiger partial charge is 0.480 e. The van der Waals surface area contributed by atoms with Crippen LogP contribution in [0.3, 0.4) is 0 Å². The Hall–Kier alpha value is -6.14. The summed E-state index contributed by atoms with van der Waals surface area (Å²) in [5, 5.41) is 11.4. The van der Waals surface area contributed by atoms with Crippen molar-refractivity contribution in [1.82, 2.24) is 4.90 Å². The molecule has 4 aromatic carbocycles. The Bertz CT molecular complexity index is 3520. The first kappa shape index (κ1) is 48.3. The van der Waals surface area contributed by atoms with Crippen LogP contribution < -0.4 is 10.7 Å². The normalized spacial score (nSPS) is 13.0. The van der Waals surface area contributed by atoms with Crippen molar-refractivity contribution in [2.75, 3.05) is 24.2 Å². The third-order valence-electron chi connectivity index (χ3n) is 9.49. The van der Waals surface area contributed by atoms with Gasteiger partial charge in [-0.1, -0.05) is 48.5 Å². The first-order chi connectivity index (χ1) is 30.1. The highest BCUT2D eigenvalue weighted by molar-refractivity contribution is 7.87. The van der Waals surface area contributed by atoms with E-state index in [-0.39, 0.29) is 33.2 Å². The fraction of sp³-hybridized carbons (Fsp3) is 0.132. The average molecular weight is 996 g/mol. The molecule has 7 N–H and O–H groups in total. The number of fused-ring (bicyclic) bond motifs is 2. The minimum atomic E-state index is -5.50. The average Bonchev–Trinajstić information content (AvgIpc) is 3.20. The van der Waals surface area contributed by atoms with Gasteiger partial charge in [-0.2, -0.15) is 42.1 Å². The number of hydrogen-bond acceptors (Lipinski definition) is 15. The number of nitrogens with one attached hydrogen (secondary N) is 1. The molecule has 0 fully saturated rings. The van der Waals surface area contributed by atoms with Crippen LogP contribution >= 0.6 is 0 Å². The minimum Gasteiger partial charge on any atom is -0.480 e. The molecular weight excluding hydrogens is 963 g/mol. The summed E-state index contributed by atoms with van der Waals surface area (Å²) < 4.78 is 180. The number of hydrogen-bond donors (Lipinski definition) is 7. The number of carbonyl (C=O) groups is 2. The lowest BCUT2D eigenvalue weighted by Gasteiger charge is -2.24. The maximum atomic E-state index is 14.2. The van der Waals surface area contributed by atoms with Crippen LogP contribution in [-0.2, 0) is 68.5 Å². The third kappa shape index (κ3) is 11.0. The van der Waals surface area contributed by atoms with Gasteiger partial charge in [-0.15, -0.1) is 0 Å². The number of amides is 1. The summed E-state index contributed by atoms with van der Waals surface area (Å²) in [5.74, 6) is -4.68. The smallest absolute Gasteiger partial charge is 0.323 e. The lowest BCUT2D eigenvalue weighted by molar-refractivity contribution is -0.137. The summed E-state index contributed by atoms with van der Waals surface area (Å²) in [4.78, 5) is 27.6. The molecule has 2 aliphatic rings. The van der Waals surface area contributed by atoms with E-state index in [0.717, 1.165) is 36.4 Å². The molecule has 0 radical (unpaired) electrons. The molecule has 0 saturated carbocycles. The van der Waals surface area contributed by atoms with Gasteiger partial charge >= 0.3 is 5.97 Å². The monoisotopic (exact) mass is 995 g/mol. The highest BCUT2D eigenvalue weighted by Crippen LogP contribution is 2.46. The van der Waals surface area contributed by atoms with Gasteiger partial charge < -0.3 is 19.7 Å². The van der Waals surface area contributed by atoms with E-state index in [9.17, 15) is 79.5 Å². The highest BCUT2D eigenvalue weighted by atomic mass is 32.2. The number of nitrogens with zero attached hydrogens (tertiary/aromatic N) is 2. The predicted molar refractivity (Wildman–Crippen MR) is 227 cm³/mol. The number of anilines is 1. The number of carbonyl (C=O) groups excluding carboxylic acids is 1. The molecule has 6 rings (SSSR count). The van der Waals surface area contributed by atoms with Crippen molar-refractivity contribution in [3.8, 4) is 22.5 Å². The molecule has 1 aliphatic heterocycles. The lowest BCUT2D eigenvalue weighted by Crippen LogP contribution is -2.39. The molecule has 0 bridgehead atoms. The van der Waals surface area contributed by atoms with Crippen LogP contribution in [-0.4, -0.2) is 106 Å². The summed E-state index contributed by atoms with van der Waals surface area (Å²) in [6, 6.07) is 19.2. The molecule has 1 aliphatic carbocycles. The van der Waals surface area contributed by atoms with Crippen LogP contribution in [0.15, 0.2) is 126 Å². The third-order valence-corrected chi connectivity index (χ3v) is 13.8. The second kappa shape index (κ2) is 18.0. The zero-order valence-electron chi connectivity index (χ0n) is 32.7. The molecule has 344 valence electrons. The second-order valence-corrected chi connectivity index (χ2v) is 21.0. The Labute approximate surface area is 369 Å². The highest BCUT2D eigenvalue weighted by Gasteiger charge is 2.33. The molecule has 1 heterocycles. The van der Waals surface area contributed by atoms with Crippen molar-refractivity contribution in [3.63, 3.8) is 0 Å². The molecule has 0 spiro atoms. The van der Waals surface area contributed by atoms with Gasteiger partial charge in [-0.05, 0) is 65.2 Å². The van der Waals surface area contributed by atoms with Crippen molar-refractivity contribution >= 4 is 79.1 Å². The molecular formula is C38H33N3O19S5. The Balaban J connectivity index is 1.70. The number of carboxylic acids is 1. The van der Waals surface area contributed by atoms with E-state index in [4.69, 9.17) is 4.42 Å². The van der Waals surface area contributed by atoms with Crippen molar-refractivity contribution in [3.05, 3.63) is 119 Å². The molecule has 1 amide bonds. The van der Waals surface area contributed by atoms with Crippen LogP contribution in [0.4, 0.5) is 5.69 Å². The van der Waals surface area contributed by atoms with Crippen LogP contribution in [0.2, 0.25) is 0 Å². The number of benzene rings is 5. The Kier molecular flexibility index (Phi) is 13.4. The lowest BCUT2D eigenvalue weighted by atomic mass is 9.90. The maximum absolute atomic E-state index is 14.2. The Morgan fingerprint density at radius 1 is 0.662 bits per heavy atom. The standard InChI is InChI=1S/C38H33N3O19S5/c42-32(43)21-41(17-18-61(45,46)47)38(44)26-7-3-2-6-25(26)33-27-13-15-29(39-19-22-9-11-24(12-10-22)62(48,49)50)36(64(54,55)56)34(27)60-35-28(33)14-16-30(37(35)65(57,58)59)40-20-23-5-1-4-8-31(23)63(51,52)53/h1-16,40H,17-21H2,(H,42,43)(H,45,46,47)(H,48,49,50)(H,51,52,53)(H,54,55,56)(H,57,58,59). The fourth-order valence-corrected chi connectivity index (χ4v) is 9.99. The summed E-state index contributed by atoms with van der Waals surface area (Å²) in [6.07, 6.45) is 0. The van der Waals surface area contributed by atoms with Crippen molar-refractivity contribution in [1.29, 1.82) is 0 Å². The van der Waals surface area contributed by atoms with Gasteiger partial charge in [0.25, 0.3) is 56.5 Å². The molecule has 0 unspecified atom stereocenters. The van der Waals surface area contributed by atoms with Gasteiger partial charge in [0.2, 0.25) is 0 Å². The minimum absolute atomic E-state index is 0.0904. The molecule has 0 aromatic heterocycles. The van der Waals surface area contributed by atoms with E-state index in [1.165, 1.54) is 60.7 Å². The van der Waals surface area contributed by atoms with Crippen molar-refractivity contribution in [2.45, 2.75) is 32.7 Å². The number of aliphatic carboxylic acids is 1. The van der Waals surface area contributed by atoms with Gasteiger partial charge in [0, 0.05) is 35.2 Å². The van der Waals surface area contributed by atoms with E-state index < -0.39 is 142 Å². The molecule has 22 nitrogen and oxygen atoms in total. The van der Waals surface area contributed by atoms with E-state index in [2.05, 4.69) is 10.3 Å².